The van der Waals surface area contributed by atoms with Gasteiger partial charge in [-0.1, -0.05) is 6.07 Å². The van der Waals surface area contributed by atoms with Gasteiger partial charge in [-0.3, -0.25) is 4.79 Å². The summed E-state index contributed by atoms with van der Waals surface area (Å²) in [5.41, 5.74) is 6.57. The fourth-order valence-electron chi connectivity index (χ4n) is 1.85. The molecule has 0 radical (unpaired) electrons. The molecule has 1 aliphatic rings. The van der Waals surface area contributed by atoms with Gasteiger partial charge in [0.25, 0.3) is 5.91 Å². The Hall–Kier alpha value is -3.03. The molecule has 22 heavy (non-hydrogen) atoms. The first kappa shape index (κ1) is 15.4. The molecule has 0 aromatic heterocycles. The molecule has 116 valence electrons. The minimum atomic E-state index is -1.08. The number of rotatable bonds is 5. The van der Waals surface area contributed by atoms with Crippen LogP contribution < -0.4 is 15.2 Å². The lowest BCUT2D eigenvalue weighted by Crippen LogP contribution is -2.28. The van der Waals surface area contributed by atoms with Crippen LogP contribution in [0.15, 0.2) is 28.9 Å². The van der Waals surface area contributed by atoms with Crippen molar-refractivity contribution < 1.29 is 24.2 Å². The Bertz CT molecular complexity index is 681. The van der Waals surface area contributed by atoms with E-state index in [1.165, 1.54) is 12.0 Å². The maximum absolute atomic E-state index is 11.7. The number of aliphatic carboxylic acids is 1. The third-order valence-corrected chi connectivity index (χ3v) is 2.98. The Morgan fingerprint density at radius 2 is 2.18 bits per heavy atom. The van der Waals surface area contributed by atoms with E-state index in [4.69, 9.17) is 20.3 Å². The molecule has 1 aromatic carbocycles. The number of amides is 1. The van der Waals surface area contributed by atoms with Crippen molar-refractivity contribution in [3.63, 3.8) is 0 Å². The molecule has 0 bridgehead atoms. The third kappa shape index (κ3) is 3.17. The highest BCUT2D eigenvalue weighted by atomic mass is 16.5. The number of nitrogens with two attached hydrogens (primary N) is 1. The number of benzene rings is 1. The van der Waals surface area contributed by atoms with Crippen molar-refractivity contribution in [2.45, 2.75) is 0 Å². The lowest BCUT2D eigenvalue weighted by Gasteiger charge is -2.12. The molecule has 0 atom stereocenters. The van der Waals surface area contributed by atoms with Gasteiger partial charge in [0, 0.05) is 7.05 Å². The maximum Gasteiger partial charge on any atom is 0.341 e. The largest absolute Gasteiger partial charge is 0.493 e. The van der Waals surface area contributed by atoms with Crippen LogP contribution in [0.3, 0.4) is 0 Å². The molecule has 8 heteroatoms. The molecule has 0 saturated heterocycles. The molecule has 0 unspecified atom stereocenters. The Morgan fingerprint density at radius 1 is 1.45 bits per heavy atom. The summed E-state index contributed by atoms with van der Waals surface area (Å²) < 4.78 is 10.3. The Labute approximate surface area is 126 Å². The van der Waals surface area contributed by atoms with Gasteiger partial charge in [-0.05, 0) is 23.8 Å². The van der Waals surface area contributed by atoms with Crippen molar-refractivity contribution in [2.75, 3.05) is 20.8 Å². The highest BCUT2D eigenvalue weighted by molar-refractivity contribution is 6.12. The van der Waals surface area contributed by atoms with Gasteiger partial charge in [-0.2, -0.15) is 4.99 Å². The summed E-state index contributed by atoms with van der Waals surface area (Å²) >= 11 is 0. The Morgan fingerprint density at radius 3 is 2.73 bits per heavy atom. The van der Waals surface area contributed by atoms with E-state index in [9.17, 15) is 9.59 Å². The molecule has 1 aromatic rings. The van der Waals surface area contributed by atoms with Crippen LogP contribution in [-0.2, 0) is 9.59 Å². The molecule has 0 fully saturated rings. The molecule has 2 rings (SSSR count). The zero-order valence-electron chi connectivity index (χ0n) is 12.1. The van der Waals surface area contributed by atoms with Crippen molar-refractivity contribution in [2.24, 2.45) is 10.7 Å². The summed E-state index contributed by atoms with van der Waals surface area (Å²) in [5, 5.41) is 8.62. The number of nitrogens with zero attached hydrogens (tertiary/aromatic N) is 2. The number of carboxylic acids is 1. The fraction of sp³-hybridized carbons (Fsp3) is 0.214. The maximum atomic E-state index is 11.7. The first-order valence-corrected chi connectivity index (χ1v) is 6.29. The van der Waals surface area contributed by atoms with Crippen LogP contribution in [-0.4, -0.2) is 48.6 Å². The van der Waals surface area contributed by atoms with Crippen LogP contribution >= 0.6 is 0 Å². The van der Waals surface area contributed by atoms with E-state index in [0.717, 1.165) is 0 Å². The number of carbonyl (C=O) groups excluding carboxylic acids is 1. The number of hydrogen-bond acceptors (Lipinski definition) is 6. The number of guanidine groups is 1. The van der Waals surface area contributed by atoms with Crippen LogP contribution in [0.1, 0.15) is 5.56 Å². The molecule has 1 amide bonds. The molecule has 0 aliphatic carbocycles. The van der Waals surface area contributed by atoms with Crippen LogP contribution in [0, 0.1) is 0 Å². The Kier molecular flexibility index (Phi) is 4.31. The van der Waals surface area contributed by atoms with E-state index in [-0.39, 0.29) is 5.96 Å². The highest BCUT2D eigenvalue weighted by Crippen LogP contribution is 2.29. The van der Waals surface area contributed by atoms with Gasteiger partial charge in [-0.25, -0.2) is 4.79 Å². The summed E-state index contributed by atoms with van der Waals surface area (Å²) in [4.78, 5) is 27.4. The average Bonchev–Trinajstić information content (AvgIpc) is 2.72. The van der Waals surface area contributed by atoms with Crippen molar-refractivity contribution in [1.29, 1.82) is 0 Å². The topological polar surface area (TPSA) is 114 Å². The number of ether oxygens (including phenoxy) is 2. The molecular weight excluding hydrogens is 290 g/mol. The van der Waals surface area contributed by atoms with Gasteiger partial charge in [0.05, 0.1) is 7.11 Å². The predicted molar refractivity (Wildman–Crippen MR) is 78.5 cm³/mol. The van der Waals surface area contributed by atoms with Crippen LogP contribution in [0.25, 0.3) is 6.08 Å². The number of carbonyl (C=O) groups is 2. The number of aliphatic imine (C=N–C) groups is 1. The van der Waals surface area contributed by atoms with Crippen LogP contribution in [0.2, 0.25) is 0 Å². The smallest absolute Gasteiger partial charge is 0.341 e. The molecule has 8 nitrogen and oxygen atoms in total. The summed E-state index contributed by atoms with van der Waals surface area (Å²) in [7, 11) is 3.07. The lowest BCUT2D eigenvalue weighted by molar-refractivity contribution is -0.139. The normalized spacial score (nSPS) is 15.9. The summed E-state index contributed by atoms with van der Waals surface area (Å²) in [6.45, 7) is -0.470. The van der Waals surface area contributed by atoms with Gasteiger partial charge < -0.3 is 25.2 Å². The fourth-order valence-corrected chi connectivity index (χ4v) is 1.85. The molecule has 0 spiro atoms. The second-order valence-electron chi connectivity index (χ2n) is 4.46. The second kappa shape index (κ2) is 6.17. The SMILES string of the molecule is COc1cc(/C=C2/C(=O)N=C(N)N2C)ccc1OCC(=O)O. The van der Waals surface area contributed by atoms with E-state index in [2.05, 4.69) is 4.99 Å². The summed E-state index contributed by atoms with van der Waals surface area (Å²) in [5.74, 6) is -0.722. The summed E-state index contributed by atoms with van der Waals surface area (Å²) in [6, 6.07) is 4.86. The van der Waals surface area contributed by atoms with E-state index in [1.807, 2.05) is 0 Å². The van der Waals surface area contributed by atoms with Gasteiger partial charge in [0.1, 0.15) is 5.70 Å². The van der Waals surface area contributed by atoms with Crippen molar-refractivity contribution in [3.8, 4) is 11.5 Å². The first-order chi connectivity index (χ1) is 10.4. The van der Waals surface area contributed by atoms with Crippen molar-refractivity contribution in [3.05, 3.63) is 29.5 Å². The molecule has 0 saturated carbocycles. The summed E-state index contributed by atoms with van der Waals surface area (Å²) in [6.07, 6.45) is 1.61. The predicted octanol–water partition coefficient (Wildman–Crippen LogP) is 0.286. The zero-order chi connectivity index (χ0) is 16.3. The minimum absolute atomic E-state index is 0.129. The zero-order valence-corrected chi connectivity index (χ0v) is 12.1. The van der Waals surface area contributed by atoms with Crippen LogP contribution in [0.4, 0.5) is 0 Å². The van der Waals surface area contributed by atoms with Gasteiger partial charge in [0.15, 0.2) is 18.1 Å². The van der Waals surface area contributed by atoms with Crippen molar-refractivity contribution in [1.82, 2.24) is 4.90 Å². The first-order valence-electron chi connectivity index (χ1n) is 6.29. The van der Waals surface area contributed by atoms with Gasteiger partial charge in [0.2, 0.25) is 5.96 Å². The Balaban J connectivity index is 2.27. The van der Waals surface area contributed by atoms with E-state index >= 15 is 0 Å². The number of carboxylic acid groups (broad SMARTS) is 1. The quantitative estimate of drug-likeness (QED) is 0.751. The molecule has 1 heterocycles. The van der Waals surface area contributed by atoms with E-state index in [0.29, 0.717) is 22.8 Å². The molecular formula is C14H15N3O5. The van der Waals surface area contributed by atoms with Crippen LogP contribution in [0.5, 0.6) is 11.5 Å². The van der Waals surface area contributed by atoms with Crippen molar-refractivity contribution >= 4 is 23.9 Å². The van der Waals surface area contributed by atoms with E-state index < -0.39 is 18.5 Å². The average molecular weight is 305 g/mol. The van der Waals surface area contributed by atoms with Gasteiger partial charge >= 0.3 is 5.97 Å². The highest BCUT2D eigenvalue weighted by Gasteiger charge is 2.24. The standard InChI is InChI=1S/C14H15N3O5/c1-17-9(13(20)16-14(17)15)5-8-3-4-10(11(6-8)21-2)22-7-12(18)19/h3-6H,7H2,1-2H3,(H,18,19)(H2,15,16,20)/b9-5-. The number of likely N-dealkylation sites (N-methyl/N-ethyl adjacent to an activating group) is 1. The number of methoxy groups -OCH3 is 1. The minimum Gasteiger partial charge on any atom is -0.493 e. The molecule has 1 aliphatic heterocycles. The second-order valence-corrected chi connectivity index (χ2v) is 4.46. The van der Waals surface area contributed by atoms with E-state index in [1.54, 1.807) is 31.3 Å². The number of hydrogen-bond donors (Lipinski definition) is 2. The molecule has 3 N–H and O–H groups in total. The monoisotopic (exact) mass is 305 g/mol. The van der Waals surface area contributed by atoms with Gasteiger partial charge in [-0.15, -0.1) is 0 Å². The lowest BCUT2D eigenvalue weighted by atomic mass is 10.1. The third-order valence-electron chi connectivity index (χ3n) is 2.98.